The number of aliphatic hydroxyl groups excluding tert-OH is 1. The molecule has 0 aromatic rings. The van der Waals surface area contributed by atoms with Gasteiger partial charge in [-0.3, -0.25) is 0 Å². The molecule has 0 radical (unpaired) electrons. The van der Waals surface area contributed by atoms with E-state index in [2.05, 4.69) is 33.8 Å². The fraction of sp³-hybridized carbons (Fsp3) is 0.917. The van der Waals surface area contributed by atoms with Gasteiger partial charge in [0.1, 0.15) is 0 Å². The van der Waals surface area contributed by atoms with Crippen LogP contribution < -0.4 is 0 Å². The Morgan fingerprint density at radius 3 is 2.63 bits per heavy atom. The minimum Gasteiger partial charge on any atom is -0.393 e. The van der Waals surface area contributed by atoms with Crippen molar-refractivity contribution in [2.75, 3.05) is 6.61 Å². The fourth-order valence-corrected chi connectivity index (χ4v) is 7.66. The van der Waals surface area contributed by atoms with Crippen molar-refractivity contribution in [1.82, 2.24) is 0 Å². The molecule has 2 saturated carbocycles. The lowest BCUT2D eigenvalue weighted by atomic mass is 9.48. The van der Waals surface area contributed by atoms with Crippen LogP contribution in [0, 0.1) is 34.5 Å². The van der Waals surface area contributed by atoms with Crippen LogP contribution in [0.4, 0.5) is 0 Å². The summed E-state index contributed by atoms with van der Waals surface area (Å²) in [6.45, 7) is 10.5. The molecule has 2 heterocycles. The molecule has 3 aliphatic carbocycles. The Morgan fingerprint density at radius 1 is 1.07 bits per heavy atom. The molecular weight excluding hydrogens is 336 g/mol. The minimum atomic E-state index is -0.339. The zero-order chi connectivity index (χ0) is 19.0. The molecule has 5 aliphatic rings. The number of allylic oxidation sites excluding steroid dienone is 1. The van der Waals surface area contributed by atoms with Crippen LogP contribution in [-0.2, 0) is 9.47 Å². The highest BCUT2D eigenvalue weighted by Crippen LogP contribution is 2.66. The summed E-state index contributed by atoms with van der Waals surface area (Å²) in [5.41, 5.74) is 2.04. The van der Waals surface area contributed by atoms with Crippen LogP contribution in [0.15, 0.2) is 11.6 Å². The first-order chi connectivity index (χ1) is 12.8. The maximum Gasteiger partial charge on any atom is 0.171 e. The molecule has 1 N–H and O–H groups in total. The molecule has 0 unspecified atom stereocenters. The average molecular weight is 375 g/mol. The number of ether oxygens (including phenoxy) is 2. The predicted octanol–water partition coefficient (Wildman–Crippen LogP) is 5.08. The SMILES string of the molecule is C[C@@H]1CC[C@@]2(OC1)O[C@@H]1[C@@H]3CC=C4C[C@H](O)CC[C@]4(C)[C@@H]3CC[C@@]1(C)[C@H]2C. The molecule has 0 bridgehead atoms. The Morgan fingerprint density at radius 2 is 1.89 bits per heavy atom. The van der Waals surface area contributed by atoms with Gasteiger partial charge < -0.3 is 14.6 Å². The van der Waals surface area contributed by atoms with E-state index in [1.54, 1.807) is 0 Å². The number of aliphatic hydroxyl groups is 1. The second-order valence-corrected chi connectivity index (χ2v) is 11.1. The number of fused-ring (bicyclic) bond motifs is 5. The van der Waals surface area contributed by atoms with Crippen LogP contribution in [0.2, 0.25) is 0 Å². The Hall–Kier alpha value is -0.380. The smallest absolute Gasteiger partial charge is 0.171 e. The molecule has 27 heavy (non-hydrogen) atoms. The molecule has 9 atom stereocenters. The first-order valence-corrected chi connectivity index (χ1v) is 11.5. The van der Waals surface area contributed by atoms with E-state index in [1.165, 1.54) is 24.8 Å². The van der Waals surface area contributed by atoms with Crippen LogP contribution in [0.5, 0.6) is 0 Å². The monoisotopic (exact) mass is 374 g/mol. The third-order valence-electron chi connectivity index (χ3n) is 9.76. The zero-order valence-corrected chi connectivity index (χ0v) is 17.7. The van der Waals surface area contributed by atoms with Crippen molar-refractivity contribution in [3.8, 4) is 0 Å². The summed E-state index contributed by atoms with van der Waals surface area (Å²) in [5, 5.41) is 10.2. The van der Waals surface area contributed by atoms with Gasteiger partial charge in [0.25, 0.3) is 0 Å². The molecule has 3 nitrogen and oxygen atoms in total. The number of hydrogen-bond acceptors (Lipinski definition) is 3. The van der Waals surface area contributed by atoms with Gasteiger partial charge in [-0.25, -0.2) is 0 Å². The summed E-state index contributed by atoms with van der Waals surface area (Å²) in [7, 11) is 0. The highest BCUT2D eigenvalue weighted by Gasteiger charge is 2.66. The van der Waals surface area contributed by atoms with Gasteiger partial charge in [-0.1, -0.05) is 39.3 Å². The van der Waals surface area contributed by atoms with E-state index >= 15 is 0 Å². The quantitative estimate of drug-likeness (QED) is 0.601. The standard InChI is InChI=1S/C24H38O3/c1-15-7-12-24(26-14-15)16(2)22(3)11-9-20-19(21(22)27-24)6-5-17-13-18(25)8-10-23(17,20)4/h5,15-16,18-21,25H,6-14H2,1-4H3/t15-,16-,18-,19-,20-,21-,22+,23+,24-/m1/s1. The van der Waals surface area contributed by atoms with Gasteiger partial charge in [0, 0.05) is 17.8 Å². The highest BCUT2D eigenvalue weighted by atomic mass is 16.7. The largest absolute Gasteiger partial charge is 0.393 e. The molecule has 2 aliphatic heterocycles. The average Bonchev–Trinajstić information content (AvgIpc) is 2.87. The maximum atomic E-state index is 10.2. The minimum absolute atomic E-state index is 0.126. The Kier molecular flexibility index (Phi) is 4.18. The molecule has 0 amide bonds. The number of hydrogen-bond donors (Lipinski definition) is 1. The van der Waals surface area contributed by atoms with Crippen LogP contribution in [0.1, 0.15) is 79.1 Å². The molecular formula is C24H38O3. The summed E-state index contributed by atoms with van der Waals surface area (Å²) in [6, 6.07) is 0. The van der Waals surface area contributed by atoms with Crippen LogP contribution >= 0.6 is 0 Å². The summed E-state index contributed by atoms with van der Waals surface area (Å²) in [6.07, 6.45) is 11.6. The Balaban J connectivity index is 1.46. The van der Waals surface area contributed by atoms with E-state index in [0.717, 1.165) is 38.7 Å². The van der Waals surface area contributed by atoms with Gasteiger partial charge in [-0.05, 0) is 68.1 Å². The van der Waals surface area contributed by atoms with Crippen molar-refractivity contribution in [3.63, 3.8) is 0 Å². The van der Waals surface area contributed by atoms with Crippen molar-refractivity contribution >= 4 is 0 Å². The van der Waals surface area contributed by atoms with Crippen molar-refractivity contribution in [3.05, 3.63) is 11.6 Å². The van der Waals surface area contributed by atoms with Gasteiger partial charge in [0.2, 0.25) is 0 Å². The van der Waals surface area contributed by atoms with Crippen LogP contribution in [0.3, 0.4) is 0 Å². The van der Waals surface area contributed by atoms with E-state index in [4.69, 9.17) is 9.47 Å². The molecule has 0 aromatic carbocycles. The highest BCUT2D eigenvalue weighted by molar-refractivity contribution is 5.26. The number of rotatable bonds is 0. The van der Waals surface area contributed by atoms with Gasteiger partial charge >= 0.3 is 0 Å². The van der Waals surface area contributed by atoms with Gasteiger partial charge in [0.15, 0.2) is 5.79 Å². The lowest BCUT2D eigenvalue weighted by Gasteiger charge is -2.56. The lowest BCUT2D eigenvalue weighted by Crippen LogP contribution is -2.52. The predicted molar refractivity (Wildman–Crippen MR) is 106 cm³/mol. The summed E-state index contributed by atoms with van der Waals surface area (Å²) < 4.78 is 13.4. The van der Waals surface area contributed by atoms with Crippen molar-refractivity contribution in [1.29, 1.82) is 0 Å². The lowest BCUT2D eigenvalue weighted by molar-refractivity contribution is -0.276. The van der Waals surface area contributed by atoms with E-state index in [0.29, 0.717) is 29.8 Å². The maximum absolute atomic E-state index is 10.2. The van der Waals surface area contributed by atoms with Gasteiger partial charge in [-0.2, -0.15) is 0 Å². The summed E-state index contributed by atoms with van der Waals surface area (Å²) in [4.78, 5) is 0. The summed E-state index contributed by atoms with van der Waals surface area (Å²) >= 11 is 0. The molecule has 2 saturated heterocycles. The van der Waals surface area contributed by atoms with Crippen molar-refractivity contribution < 1.29 is 14.6 Å². The first kappa shape index (κ1) is 18.6. The van der Waals surface area contributed by atoms with E-state index in [9.17, 15) is 5.11 Å². The van der Waals surface area contributed by atoms with E-state index in [-0.39, 0.29) is 22.7 Å². The first-order valence-electron chi connectivity index (χ1n) is 11.5. The normalized spacial score (nSPS) is 57.6. The zero-order valence-electron chi connectivity index (χ0n) is 17.7. The van der Waals surface area contributed by atoms with E-state index in [1.807, 2.05) is 0 Å². The van der Waals surface area contributed by atoms with Crippen LogP contribution in [0.25, 0.3) is 0 Å². The molecule has 1 spiro atoms. The summed E-state index contributed by atoms with van der Waals surface area (Å²) in [5.74, 6) is 2.09. The fourth-order valence-electron chi connectivity index (χ4n) is 7.66. The Bertz CT molecular complexity index is 634. The van der Waals surface area contributed by atoms with Crippen molar-refractivity contribution in [2.24, 2.45) is 34.5 Å². The second kappa shape index (κ2) is 6.06. The third-order valence-corrected chi connectivity index (χ3v) is 9.76. The van der Waals surface area contributed by atoms with Gasteiger partial charge in [0.05, 0.1) is 18.8 Å². The molecule has 5 rings (SSSR count). The van der Waals surface area contributed by atoms with Crippen LogP contribution in [-0.4, -0.2) is 29.7 Å². The van der Waals surface area contributed by atoms with Crippen molar-refractivity contribution in [2.45, 2.75) is 97.1 Å². The van der Waals surface area contributed by atoms with Gasteiger partial charge in [-0.15, -0.1) is 0 Å². The second-order valence-electron chi connectivity index (χ2n) is 11.1. The molecule has 152 valence electrons. The molecule has 4 fully saturated rings. The Labute approximate surface area is 164 Å². The molecule has 0 aromatic heterocycles. The molecule has 3 heteroatoms. The van der Waals surface area contributed by atoms with E-state index < -0.39 is 0 Å². The topological polar surface area (TPSA) is 38.7 Å². The third kappa shape index (κ3) is 2.50.